The van der Waals surface area contributed by atoms with Crippen LogP contribution in [0.3, 0.4) is 0 Å². The van der Waals surface area contributed by atoms with E-state index < -0.39 is 11.9 Å². The predicted molar refractivity (Wildman–Crippen MR) is 95.2 cm³/mol. The topological polar surface area (TPSA) is 88.4 Å². The van der Waals surface area contributed by atoms with E-state index in [9.17, 15) is 9.59 Å². The first kappa shape index (κ1) is 18.5. The molecule has 7 heteroatoms. The molecule has 0 unspecified atom stereocenters. The summed E-state index contributed by atoms with van der Waals surface area (Å²) in [4.78, 5) is 23.2. The molecule has 0 heterocycles. The van der Waals surface area contributed by atoms with Crippen LogP contribution < -0.4 is 10.1 Å². The van der Waals surface area contributed by atoms with Gasteiger partial charge in [-0.15, -0.1) is 0 Å². The van der Waals surface area contributed by atoms with Crippen molar-refractivity contribution in [3.63, 3.8) is 0 Å². The highest BCUT2D eigenvalue weighted by atomic mass is 79.9. The Morgan fingerprint density at radius 1 is 1.12 bits per heavy atom. The average Bonchev–Trinajstić information content (AvgIpc) is 2.59. The zero-order chi connectivity index (χ0) is 18.1. The lowest BCUT2D eigenvalue weighted by Gasteiger charge is -2.08. The van der Waals surface area contributed by atoms with Crippen LogP contribution in [0.4, 0.5) is 5.69 Å². The summed E-state index contributed by atoms with van der Waals surface area (Å²) in [5, 5.41) is 11.0. The van der Waals surface area contributed by atoms with E-state index in [2.05, 4.69) is 21.2 Å². The fourth-order valence-electron chi connectivity index (χ4n) is 1.90. The van der Waals surface area contributed by atoms with Crippen LogP contribution in [0.15, 0.2) is 53.0 Å². The van der Waals surface area contributed by atoms with Gasteiger partial charge in [0, 0.05) is 10.2 Å². The molecule has 2 rings (SSSR count). The average molecular weight is 403 g/mol. The van der Waals surface area contributed by atoms with Crippen molar-refractivity contribution in [3.8, 4) is 11.8 Å². The summed E-state index contributed by atoms with van der Waals surface area (Å²) < 4.78 is 11.5. The molecule has 0 spiro atoms. The fourth-order valence-corrected chi connectivity index (χ4v) is 2.28. The smallest absolute Gasteiger partial charge is 0.338 e. The van der Waals surface area contributed by atoms with Crippen molar-refractivity contribution in [2.75, 3.05) is 18.5 Å². The molecule has 0 atom stereocenters. The third kappa shape index (κ3) is 6.28. The number of nitrogens with zero attached hydrogens (tertiary/aromatic N) is 1. The minimum Gasteiger partial charge on any atom is -0.490 e. The second-order valence-corrected chi connectivity index (χ2v) is 5.82. The number of carbonyl (C=O) groups excluding carboxylic acids is 2. The van der Waals surface area contributed by atoms with Crippen molar-refractivity contribution in [1.29, 1.82) is 5.26 Å². The molecular formula is C18H15BrN2O4. The lowest BCUT2D eigenvalue weighted by molar-refractivity contribution is -0.115. The lowest BCUT2D eigenvalue weighted by Crippen LogP contribution is -2.13. The number of hydrogen-bond donors (Lipinski definition) is 1. The van der Waals surface area contributed by atoms with Gasteiger partial charge in [0.15, 0.2) is 0 Å². The standard InChI is InChI=1S/C18H15BrN2O4/c19-14-2-1-3-16(12-14)24-10-11-25-18(23)13-4-6-15(7-5-13)21-17(22)8-9-20/h1-7,12H,8,10-11H2,(H,21,22). The molecule has 0 fully saturated rings. The van der Waals surface area contributed by atoms with Crippen molar-refractivity contribution in [2.45, 2.75) is 6.42 Å². The van der Waals surface area contributed by atoms with Crippen molar-refractivity contribution < 1.29 is 19.1 Å². The SMILES string of the molecule is N#CCC(=O)Nc1ccc(C(=O)OCCOc2cccc(Br)c2)cc1. The first-order valence-corrected chi connectivity index (χ1v) is 8.20. The van der Waals surface area contributed by atoms with Crippen LogP contribution in [0.25, 0.3) is 0 Å². The molecule has 128 valence electrons. The number of carbonyl (C=O) groups is 2. The van der Waals surface area contributed by atoms with Gasteiger partial charge in [-0.1, -0.05) is 22.0 Å². The van der Waals surface area contributed by atoms with Gasteiger partial charge in [-0.25, -0.2) is 4.79 Å². The molecular weight excluding hydrogens is 388 g/mol. The van der Waals surface area contributed by atoms with E-state index in [1.807, 2.05) is 24.3 Å². The first-order valence-electron chi connectivity index (χ1n) is 7.41. The van der Waals surface area contributed by atoms with E-state index in [-0.39, 0.29) is 19.6 Å². The number of nitriles is 1. The van der Waals surface area contributed by atoms with Gasteiger partial charge in [-0.05, 0) is 42.5 Å². The minimum atomic E-state index is -0.479. The maximum absolute atomic E-state index is 11.9. The molecule has 0 saturated heterocycles. The summed E-state index contributed by atoms with van der Waals surface area (Å²) in [6, 6.07) is 15.4. The number of anilines is 1. The molecule has 1 N–H and O–H groups in total. The van der Waals surface area contributed by atoms with E-state index >= 15 is 0 Å². The van der Waals surface area contributed by atoms with Gasteiger partial charge in [0.05, 0.1) is 11.6 Å². The van der Waals surface area contributed by atoms with Crippen LogP contribution in [0, 0.1) is 11.3 Å². The number of hydrogen-bond acceptors (Lipinski definition) is 5. The molecule has 0 aliphatic heterocycles. The van der Waals surface area contributed by atoms with E-state index in [0.717, 1.165) is 4.47 Å². The number of ether oxygens (including phenoxy) is 2. The molecule has 25 heavy (non-hydrogen) atoms. The van der Waals surface area contributed by atoms with E-state index in [1.165, 1.54) is 0 Å². The molecule has 0 aliphatic carbocycles. The van der Waals surface area contributed by atoms with Gasteiger partial charge in [0.1, 0.15) is 25.4 Å². The number of rotatable bonds is 7. The summed E-state index contributed by atoms with van der Waals surface area (Å²) in [6.45, 7) is 0.358. The van der Waals surface area contributed by atoms with Crippen molar-refractivity contribution in [3.05, 3.63) is 58.6 Å². The van der Waals surface area contributed by atoms with Crippen LogP contribution in [-0.4, -0.2) is 25.1 Å². The molecule has 1 amide bonds. The van der Waals surface area contributed by atoms with Crippen molar-refractivity contribution >= 4 is 33.5 Å². The van der Waals surface area contributed by atoms with Gasteiger partial charge < -0.3 is 14.8 Å². The highest BCUT2D eigenvalue weighted by molar-refractivity contribution is 9.10. The number of benzene rings is 2. The summed E-state index contributed by atoms with van der Waals surface area (Å²) in [7, 11) is 0. The molecule has 0 aromatic heterocycles. The largest absolute Gasteiger partial charge is 0.490 e. The number of esters is 1. The molecule has 2 aromatic carbocycles. The normalized spacial score (nSPS) is 9.76. The van der Waals surface area contributed by atoms with E-state index in [4.69, 9.17) is 14.7 Å². The molecule has 6 nitrogen and oxygen atoms in total. The Hall–Kier alpha value is -2.85. The number of halogens is 1. The Morgan fingerprint density at radius 3 is 2.56 bits per heavy atom. The Labute approximate surface area is 153 Å². The highest BCUT2D eigenvalue weighted by Gasteiger charge is 2.08. The van der Waals surface area contributed by atoms with Crippen LogP contribution >= 0.6 is 15.9 Å². The van der Waals surface area contributed by atoms with E-state index in [1.54, 1.807) is 30.3 Å². The zero-order valence-electron chi connectivity index (χ0n) is 13.2. The van der Waals surface area contributed by atoms with Crippen molar-refractivity contribution in [1.82, 2.24) is 0 Å². The second kappa shape index (κ2) is 9.45. The molecule has 2 aromatic rings. The van der Waals surface area contributed by atoms with Gasteiger partial charge >= 0.3 is 5.97 Å². The molecule has 0 bridgehead atoms. The van der Waals surface area contributed by atoms with Crippen LogP contribution in [0.2, 0.25) is 0 Å². The summed E-state index contributed by atoms with van der Waals surface area (Å²) in [5.41, 5.74) is 0.871. The first-order chi connectivity index (χ1) is 12.1. The van der Waals surface area contributed by atoms with Crippen LogP contribution in [-0.2, 0) is 9.53 Å². The Morgan fingerprint density at radius 2 is 1.88 bits per heavy atom. The van der Waals surface area contributed by atoms with Crippen LogP contribution in [0.1, 0.15) is 16.8 Å². The number of nitrogens with one attached hydrogen (secondary N) is 1. The van der Waals surface area contributed by atoms with Crippen LogP contribution in [0.5, 0.6) is 5.75 Å². The third-order valence-electron chi connectivity index (χ3n) is 3.03. The predicted octanol–water partition coefficient (Wildman–Crippen LogP) is 3.54. The maximum atomic E-state index is 11.9. The third-order valence-corrected chi connectivity index (χ3v) is 3.52. The quantitative estimate of drug-likeness (QED) is 0.565. The van der Waals surface area contributed by atoms with Gasteiger partial charge in [-0.2, -0.15) is 5.26 Å². The number of amides is 1. The fraction of sp³-hybridized carbons (Fsp3) is 0.167. The lowest BCUT2D eigenvalue weighted by atomic mass is 10.2. The Kier molecular flexibility index (Phi) is 6.99. The highest BCUT2D eigenvalue weighted by Crippen LogP contribution is 2.17. The summed E-state index contributed by atoms with van der Waals surface area (Å²) >= 11 is 3.35. The Balaban J connectivity index is 1.77. The zero-order valence-corrected chi connectivity index (χ0v) is 14.8. The van der Waals surface area contributed by atoms with Gasteiger partial charge in [0.2, 0.25) is 5.91 Å². The van der Waals surface area contributed by atoms with Gasteiger partial charge in [-0.3, -0.25) is 4.79 Å². The Bertz CT molecular complexity index is 784. The van der Waals surface area contributed by atoms with Crippen molar-refractivity contribution in [2.24, 2.45) is 0 Å². The summed E-state index contributed by atoms with van der Waals surface area (Å²) in [6.07, 6.45) is -0.220. The monoisotopic (exact) mass is 402 g/mol. The molecule has 0 saturated carbocycles. The molecule has 0 aliphatic rings. The summed E-state index contributed by atoms with van der Waals surface area (Å²) in [5.74, 6) is -0.196. The maximum Gasteiger partial charge on any atom is 0.338 e. The molecule has 0 radical (unpaired) electrons. The van der Waals surface area contributed by atoms with Gasteiger partial charge in [0.25, 0.3) is 0 Å². The second-order valence-electron chi connectivity index (χ2n) is 4.90. The van der Waals surface area contributed by atoms with E-state index in [0.29, 0.717) is 17.0 Å². The minimum absolute atomic E-state index is 0.117.